The summed E-state index contributed by atoms with van der Waals surface area (Å²) in [5, 5.41) is 17.5. The molecule has 2 saturated heterocycles. The lowest BCUT2D eigenvalue weighted by Gasteiger charge is -2.29. The van der Waals surface area contributed by atoms with Crippen LogP contribution in [0, 0.1) is 12.8 Å². The van der Waals surface area contributed by atoms with Crippen LogP contribution in [0.3, 0.4) is 0 Å². The molecule has 3 N–H and O–H groups in total. The monoisotopic (exact) mass is 588 g/mol. The minimum absolute atomic E-state index is 0.00982. The van der Waals surface area contributed by atoms with Crippen LogP contribution in [0.4, 0.5) is 4.79 Å². The van der Waals surface area contributed by atoms with E-state index >= 15 is 0 Å². The largest absolute Gasteiger partial charge is 0.484 e. The molecule has 0 unspecified atom stereocenters. The highest BCUT2D eigenvalue weighted by molar-refractivity contribution is 5.78. The Kier molecular flexibility index (Phi) is 10.7. The molecule has 3 aromatic carbocycles. The van der Waals surface area contributed by atoms with E-state index < -0.39 is 30.4 Å². The Morgan fingerprint density at radius 2 is 1.58 bits per heavy atom. The van der Waals surface area contributed by atoms with Crippen LogP contribution in [-0.4, -0.2) is 67.5 Å². The van der Waals surface area contributed by atoms with Crippen molar-refractivity contribution in [1.82, 2.24) is 10.6 Å². The van der Waals surface area contributed by atoms with Crippen molar-refractivity contribution in [3.05, 3.63) is 102 Å². The molecule has 0 bridgehead atoms. The van der Waals surface area contributed by atoms with Crippen molar-refractivity contribution >= 4 is 12.0 Å². The lowest BCUT2D eigenvalue weighted by Crippen LogP contribution is -2.50. The predicted molar refractivity (Wildman–Crippen MR) is 161 cm³/mol. The first kappa shape index (κ1) is 30.5. The molecule has 2 amide bonds. The predicted octanol–water partition coefficient (Wildman–Crippen LogP) is 3.95. The normalized spacial score (nSPS) is 21.3. The van der Waals surface area contributed by atoms with Crippen molar-refractivity contribution < 1.29 is 33.6 Å². The molecule has 3 aromatic rings. The van der Waals surface area contributed by atoms with E-state index in [1.807, 2.05) is 91.9 Å². The van der Waals surface area contributed by atoms with Gasteiger partial charge in [-0.25, -0.2) is 4.79 Å². The van der Waals surface area contributed by atoms with Crippen LogP contribution < -0.4 is 15.4 Å². The number of carbonyl (C=O) groups excluding carboxylic acids is 2. The molecule has 0 saturated carbocycles. The minimum atomic E-state index is -0.985. The SMILES string of the molecule is Cc1ccccc1OCC(=O)N[C@@H](Cc1ccccc1)C[C@H](O)[C@H](Cc1ccccc1)NC(=O)O[C@H]1CO[C@H]2OCC[C@H]21. The number of para-hydroxylation sites is 1. The summed E-state index contributed by atoms with van der Waals surface area (Å²) < 4.78 is 22.7. The molecule has 2 fully saturated rings. The number of ether oxygens (including phenoxy) is 4. The molecule has 0 radical (unpaired) electrons. The second-order valence-corrected chi connectivity index (χ2v) is 11.2. The number of hydrogen-bond donors (Lipinski definition) is 3. The molecule has 228 valence electrons. The quantitative estimate of drug-likeness (QED) is 0.277. The number of aliphatic hydroxyl groups excluding tert-OH is 1. The number of fused-ring (bicyclic) bond motifs is 1. The molecule has 0 spiro atoms. The third kappa shape index (κ3) is 8.79. The van der Waals surface area contributed by atoms with Crippen LogP contribution in [0.5, 0.6) is 5.75 Å². The molecule has 0 aliphatic carbocycles. The van der Waals surface area contributed by atoms with Crippen LogP contribution in [0.1, 0.15) is 29.5 Å². The smallest absolute Gasteiger partial charge is 0.407 e. The van der Waals surface area contributed by atoms with Gasteiger partial charge in [-0.3, -0.25) is 4.79 Å². The molecule has 6 atom stereocenters. The average molecular weight is 589 g/mol. The third-order valence-corrected chi connectivity index (χ3v) is 7.98. The third-order valence-electron chi connectivity index (χ3n) is 7.98. The minimum Gasteiger partial charge on any atom is -0.484 e. The van der Waals surface area contributed by atoms with Crippen molar-refractivity contribution in [2.75, 3.05) is 19.8 Å². The second kappa shape index (κ2) is 15.0. The highest BCUT2D eigenvalue weighted by Crippen LogP contribution is 2.33. The molecule has 9 heteroatoms. The van der Waals surface area contributed by atoms with Crippen LogP contribution in [0.25, 0.3) is 0 Å². The van der Waals surface area contributed by atoms with Gasteiger partial charge in [0.1, 0.15) is 11.9 Å². The van der Waals surface area contributed by atoms with E-state index in [0.29, 0.717) is 25.2 Å². The number of alkyl carbamates (subject to hydrolysis) is 1. The molecular weight excluding hydrogens is 548 g/mol. The first-order valence-electron chi connectivity index (χ1n) is 14.9. The van der Waals surface area contributed by atoms with Gasteiger partial charge >= 0.3 is 6.09 Å². The fourth-order valence-electron chi connectivity index (χ4n) is 5.70. The number of aryl methyl sites for hydroxylation is 1. The zero-order valence-electron chi connectivity index (χ0n) is 24.4. The summed E-state index contributed by atoms with van der Waals surface area (Å²) in [6.45, 7) is 2.63. The van der Waals surface area contributed by atoms with E-state index in [0.717, 1.165) is 23.1 Å². The van der Waals surface area contributed by atoms with E-state index in [1.165, 1.54) is 0 Å². The Hall–Kier alpha value is -3.92. The highest BCUT2D eigenvalue weighted by Gasteiger charge is 2.44. The topological polar surface area (TPSA) is 115 Å². The van der Waals surface area contributed by atoms with Crippen LogP contribution in [0.15, 0.2) is 84.9 Å². The molecule has 2 aliphatic rings. The van der Waals surface area contributed by atoms with Gasteiger partial charge in [-0.2, -0.15) is 0 Å². The average Bonchev–Trinajstić information content (AvgIpc) is 3.63. The molecule has 9 nitrogen and oxygen atoms in total. The van der Waals surface area contributed by atoms with Gasteiger partial charge in [0.2, 0.25) is 0 Å². The van der Waals surface area contributed by atoms with Crippen molar-refractivity contribution in [3.63, 3.8) is 0 Å². The Balaban J connectivity index is 1.25. The summed E-state index contributed by atoms with van der Waals surface area (Å²) in [6.07, 6.45) is -0.477. The van der Waals surface area contributed by atoms with Crippen LogP contribution >= 0.6 is 0 Å². The van der Waals surface area contributed by atoms with E-state index in [9.17, 15) is 14.7 Å². The molecule has 5 rings (SSSR count). The summed E-state index contributed by atoms with van der Waals surface area (Å²) in [5.41, 5.74) is 2.91. The van der Waals surface area contributed by atoms with Crippen molar-refractivity contribution in [3.8, 4) is 5.75 Å². The van der Waals surface area contributed by atoms with Gasteiger partial charge in [0, 0.05) is 6.04 Å². The number of nitrogens with one attached hydrogen (secondary N) is 2. The summed E-state index contributed by atoms with van der Waals surface area (Å²) in [6, 6.07) is 25.9. The maximum atomic E-state index is 13.1. The Bertz CT molecular complexity index is 1320. The first-order valence-corrected chi connectivity index (χ1v) is 14.9. The lowest BCUT2D eigenvalue weighted by atomic mass is 9.93. The van der Waals surface area contributed by atoms with Crippen LogP contribution in [-0.2, 0) is 31.8 Å². The van der Waals surface area contributed by atoms with Crippen molar-refractivity contribution in [2.45, 2.75) is 63.2 Å². The van der Waals surface area contributed by atoms with Gasteiger partial charge in [0.05, 0.1) is 31.3 Å². The molecule has 2 heterocycles. The number of benzene rings is 3. The van der Waals surface area contributed by atoms with E-state index in [1.54, 1.807) is 0 Å². The Morgan fingerprint density at radius 1 is 0.907 bits per heavy atom. The Labute approximate surface area is 252 Å². The summed E-state index contributed by atoms with van der Waals surface area (Å²) in [5.74, 6) is 0.361. The molecule has 2 aliphatic heterocycles. The second-order valence-electron chi connectivity index (χ2n) is 11.2. The zero-order valence-corrected chi connectivity index (χ0v) is 24.4. The lowest BCUT2D eigenvalue weighted by molar-refractivity contribution is -0.124. The summed E-state index contributed by atoms with van der Waals surface area (Å²) in [4.78, 5) is 26.1. The van der Waals surface area contributed by atoms with Gasteiger partial charge in [0.15, 0.2) is 12.9 Å². The number of amides is 2. The van der Waals surface area contributed by atoms with Gasteiger partial charge in [-0.05, 0) is 55.4 Å². The van der Waals surface area contributed by atoms with Crippen molar-refractivity contribution in [1.29, 1.82) is 0 Å². The fourth-order valence-corrected chi connectivity index (χ4v) is 5.70. The van der Waals surface area contributed by atoms with Crippen LogP contribution in [0.2, 0.25) is 0 Å². The maximum absolute atomic E-state index is 13.1. The molecule has 0 aromatic heterocycles. The number of aliphatic hydroxyl groups is 1. The van der Waals surface area contributed by atoms with E-state index in [-0.39, 0.29) is 37.7 Å². The standard InChI is InChI=1S/C34H40N2O7/c1-23-10-8-9-15-30(23)41-22-32(38)35-26(18-24-11-4-2-5-12-24)20-29(37)28(19-25-13-6-3-7-14-25)36-34(39)43-31-21-42-33-27(31)16-17-40-33/h2-15,26-29,31,33,37H,16-22H2,1H3,(H,35,38)(H,36,39)/t26-,27-,28-,29-,31-,33+/m0/s1. The van der Waals surface area contributed by atoms with E-state index in [4.69, 9.17) is 18.9 Å². The fraction of sp³-hybridized carbons (Fsp3) is 0.412. The van der Waals surface area contributed by atoms with Gasteiger partial charge in [-0.15, -0.1) is 0 Å². The van der Waals surface area contributed by atoms with Gasteiger partial charge in [-0.1, -0.05) is 78.9 Å². The summed E-state index contributed by atoms with van der Waals surface area (Å²) in [7, 11) is 0. The molecular formula is C34H40N2O7. The van der Waals surface area contributed by atoms with E-state index in [2.05, 4.69) is 10.6 Å². The molecule has 43 heavy (non-hydrogen) atoms. The summed E-state index contributed by atoms with van der Waals surface area (Å²) >= 11 is 0. The number of carbonyl (C=O) groups is 2. The zero-order chi connectivity index (χ0) is 30.0. The maximum Gasteiger partial charge on any atom is 0.407 e. The number of hydrogen-bond acceptors (Lipinski definition) is 7. The number of rotatable bonds is 13. The van der Waals surface area contributed by atoms with Gasteiger partial charge < -0.3 is 34.7 Å². The highest BCUT2D eigenvalue weighted by atomic mass is 16.7. The van der Waals surface area contributed by atoms with Crippen molar-refractivity contribution in [2.24, 2.45) is 5.92 Å². The van der Waals surface area contributed by atoms with Gasteiger partial charge in [0.25, 0.3) is 5.91 Å². The Morgan fingerprint density at radius 3 is 2.30 bits per heavy atom. The first-order chi connectivity index (χ1) is 20.9.